The normalized spacial score (nSPS) is 10.8. The molecule has 0 saturated heterocycles. The van der Waals surface area contributed by atoms with Gasteiger partial charge in [-0.25, -0.2) is 0 Å². The van der Waals surface area contributed by atoms with Gasteiger partial charge in [0.25, 0.3) is 5.43 Å². The SMILES string of the molecule is Cc1cccc(Nc2c(-c3ccc(Cl)cc3)c(=O)c2=O)c1. The third-order valence-electron chi connectivity index (χ3n) is 3.33. The van der Waals surface area contributed by atoms with E-state index < -0.39 is 10.9 Å². The van der Waals surface area contributed by atoms with Gasteiger partial charge in [0, 0.05) is 10.7 Å². The Balaban J connectivity index is 2.01. The molecule has 104 valence electrons. The zero-order valence-corrected chi connectivity index (χ0v) is 12.1. The van der Waals surface area contributed by atoms with Gasteiger partial charge in [-0.1, -0.05) is 35.9 Å². The third-order valence-corrected chi connectivity index (χ3v) is 3.58. The van der Waals surface area contributed by atoms with Crippen molar-refractivity contribution < 1.29 is 0 Å². The van der Waals surface area contributed by atoms with Crippen molar-refractivity contribution in [1.29, 1.82) is 0 Å². The van der Waals surface area contributed by atoms with E-state index in [0.717, 1.165) is 11.3 Å². The minimum Gasteiger partial charge on any atom is -0.352 e. The second-order valence-corrected chi connectivity index (χ2v) is 5.35. The van der Waals surface area contributed by atoms with Crippen molar-refractivity contribution in [3.05, 3.63) is 79.6 Å². The standard InChI is InChI=1S/C17H12ClNO2/c1-10-3-2-4-13(9-10)19-15-14(16(20)17(15)21)11-5-7-12(18)8-6-11/h2-9,19H,1H3. The fourth-order valence-electron chi connectivity index (χ4n) is 2.27. The molecule has 0 bridgehead atoms. The molecule has 0 heterocycles. The summed E-state index contributed by atoms with van der Waals surface area (Å²) in [7, 11) is 0. The number of hydrogen-bond donors (Lipinski definition) is 1. The average Bonchev–Trinajstić information content (AvgIpc) is 2.48. The smallest absolute Gasteiger partial charge is 0.250 e. The first-order valence-electron chi connectivity index (χ1n) is 6.49. The summed E-state index contributed by atoms with van der Waals surface area (Å²) in [4.78, 5) is 23.6. The van der Waals surface area contributed by atoms with Gasteiger partial charge in [0.2, 0.25) is 5.43 Å². The van der Waals surface area contributed by atoms with E-state index >= 15 is 0 Å². The average molecular weight is 298 g/mol. The molecular formula is C17H12ClNO2. The summed E-state index contributed by atoms with van der Waals surface area (Å²) in [5.74, 6) is 0. The van der Waals surface area contributed by atoms with Gasteiger partial charge < -0.3 is 5.32 Å². The zero-order valence-electron chi connectivity index (χ0n) is 11.3. The second-order valence-electron chi connectivity index (χ2n) is 4.91. The lowest BCUT2D eigenvalue weighted by Crippen LogP contribution is -2.35. The number of nitrogens with one attached hydrogen (secondary N) is 1. The molecule has 4 heteroatoms. The van der Waals surface area contributed by atoms with Crippen LogP contribution in [0, 0.1) is 6.92 Å². The summed E-state index contributed by atoms with van der Waals surface area (Å²) >= 11 is 5.84. The fraction of sp³-hybridized carbons (Fsp3) is 0.0588. The molecule has 0 fully saturated rings. The summed E-state index contributed by atoms with van der Waals surface area (Å²) in [6.07, 6.45) is 0. The molecule has 0 aliphatic heterocycles. The summed E-state index contributed by atoms with van der Waals surface area (Å²) in [5.41, 5.74) is 2.36. The molecule has 21 heavy (non-hydrogen) atoms. The van der Waals surface area contributed by atoms with Gasteiger partial charge in [0.05, 0.1) is 5.56 Å². The Bertz CT molecular complexity index is 875. The van der Waals surface area contributed by atoms with Crippen LogP contribution in [0.4, 0.5) is 11.4 Å². The lowest BCUT2D eigenvalue weighted by molar-refractivity contribution is 1.37. The van der Waals surface area contributed by atoms with Crippen LogP contribution in [-0.4, -0.2) is 0 Å². The Morgan fingerprint density at radius 2 is 1.67 bits per heavy atom. The molecule has 0 saturated carbocycles. The molecule has 3 nitrogen and oxygen atoms in total. The van der Waals surface area contributed by atoms with Crippen LogP contribution in [0.15, 0.2) is 58.1 Å². The molecule has 0 aliphatic rings. The van der Waals surface area contributed by atoms with Crippen molar-refractivity contribution in [2.45, 2.75) is 6.92 Å². The van der Waals surface area contributed by atoms with Crippen LogP contribution in [0.3, 0.4) is 0 Å². The maximum absolute atomic E-state index is 11.8. The molecule has 0 amide bonds. The van der Waals surface area contributed by atoms with E-state index in [1.165, 1.54) is 0 Å². The number of halogens is 1. The van der Waals surface area contributed by atoms with Crippen molar-refractivity contribution in [3.63, 3.8) is 0 Å². The quantitative estimate of drug-likeness (QED) is 0.751. The molecular weight excluding hydrogens is 286 g/mol. The van der Waals surface area contributed by atoms with E-state index in [1.54, 1.807) is 24.3 Å². The second kappa shape index (κ2) is 5.19. The van der Waals surface area contributed by atoms with E-state index in [2.05, 4.69) is 5.32 Å². The highest BCUT2D eigenvalue weighted by atomic mass is 35.5. The van der Waals surface area contributed by atoms with Gasteiger partial charge in [0.15, 0.2) is 0 Å². The van der Waals surface area contributed by atoms with Crippen molar-refractivity contribution in [2.75, 3.05) is 5.32 Å². The summed E-state index contributed by atoms with van der Waals surface area (Å²) in [5, 5.41) is 3.63. The molecule has 0 radical (unpaired) electrons. The number of aryl methyl sites for hydroxylation is 1. The van der Waals surface area contributed by atoms with Crippen molar-refractivity contribution in [2.24, 2.45) is 0 Å². The Labute approximate surface area is 126 Å². The van der Waals surface area contributed by atoms with E-state index in [0.29, 0.717) is 21.8 Å². The minimum atomic E-state index is -0.485. The Hall–Kier alpha value is -2.39. The lowest BCUT2D eigenvalue weighted by Gasteiger charge is -2.13. The molecule has 0 spiro atoms. The first kappa shape index (κ1) is 13.6. The molecule has 3 aromatic rings. The lowest BCUT2D eigenvalue weighted by atomic mass is 9.98. The van der Waals surface area contributed by atoms with E-state index in [1.807, 2.05) is 31.2 Å². The van der Waals surface area contributed by atoms with Crippen LogP contribution in [0.1, 0.15) is 5.56 Å². The molecule has 0 unspecified atom stereocenters. The molecule has 0 aliphatic carbocycles. The maximum Gasteiger partial charge on any atom is 0.250 e. The Morgan fingerprint density at radius 3 is 2.33 bits per heavy atom. The Kier molecular flexibility index (Phi) is 3.35. The topological polar surface area (TPSA) is 46.2 Å². The predicted molar refractivity (Wildman–Crippen MR) is 86.3 cm³/mol. The Morgan fingerprint density at radius 1 is 0.952 bits per heavy atom. The van der Waals surface area contributed by atoms with Crippen LogP contribution in [0.25, 0.3) is 11.1 Å². The molecule has 1 N–H and O–H groups in total. The molecule has 3 aromatic carbocycles. The minimum absolute atomic E-state index is 0.341. The first-order chi connectivity index (χ1) is 10.1. The van der Waals surface area contributed by atoms with Gasteiger partial charge in [0.1, 0.15) is 5.69 Å². The van der Waals surface area contributed by atoms with E-state index in [9.17, 15) is 9.59 Å². The van der Waals surface area contributed by atoms with Gasteiger partial charge in [-0.2, -0.15) is 0 Å². The number of benzene rings is 2. The van der Waals surface area contributed by atoms with Crippen LogP contribution < -0.4 is 16.2 Å². The summed E-state index contributed by atoms with van der Waals surface area (Å²) in [6, 6.07) is 14.5. The highest BCUT2D eigenvalue weighted by Gasteiger charge is 2.22. The van der Waals surface area contributed by atoms with Crippen LogP contribution in [0.5, 0.6) is 0 Å². The summed E-state index contributed by atoms with van der Waals surface area (Å²) in [6.45, 7) is 1.97. The third kappa shape index (κ3) is 2.48. The van der Waals surface area contributed by atoms with Crippen molar-refractivity contribution in [1.82, 2.24) is 0 Å². The number of hydrogen-bond acceptors (Lipinski definition) is 3. The van der Waals surface area contributed by atoms with Crippen LogP contribution in [0.2, 0.25) is 5.02 Å². The molecule has 0 atom stereocenters. The van der Waals surface area contributed by atoms with Gasteiger partial charge in [-0.15, -0.1) is 0 Å². The van der Waals surface area contributed by atoms with Gasteiger partial charge in [-0.3, -0.25) is 9.59 Å². The monoisotopic (exact) mass is 297 g/mol. The molecule has 0 aromatic heterocycles. The first-order valence-corrected chi connectivity index (χ1v) is 6.87. The largest absolute Gasteiger partial charge is 0.352 e. The highest BCUT2D eigenvalue weighted by molar-refractivity contribution is 6.30. The van der Waals surface area contributed by atoms with Crippen molar-refractivity contribution in [3.8, 4) is 11.1 Å². The van der Waals surface area contributed by atoms with E-state index in [-0.39, 0.29) is 0 Å². The van der Waals surface area contributed by atoms with Gasteiger partial charge >= 0.3 is 0 Å². The number of rotatable bonds is 3. The van der Waals surface area contributed by atoms with Crippen molar-refractivity contribution >= 4 is 23.0 Å². The fourth-order valence-corrected chi connectivity index (χ4v) is 2.40. The van der Waals surface area contributed by atoms with E-state index in [4.69, 9.17) is 11.6 Å². The zero-order chi connectivity index (χ0) is 15.0. The predicted octanol–water partition coefficient (Wildman–Crippen LogP) is 3.66. The van der Waals surface area contributed by atoms with Crippen LogP contribution in [-0.2, 0) is 0 Å². The molecule has 3 rings (SSSR count). The van der Waals surface area contributed by atoms with Gasteiger partial charge in [-0.05, 0) is 42.3 Å². The number of anilines is 2. The maximum atomic E-state index is 11.8. The van der Waals surface area contributed by atoms with Crippen LogP contribution >= 0.6 is 11.6 Å². The highest BCUT2D eigenvalue weighted by Crippen LogP contribution is 2.27. The summed E-state index contributed by atoms with van der Waals surface area (Å²) < 4.78 is 0.